The Kier molecular flexibility index (Phi) is 9.69. The van der Waals surface area contributed by atoms with E-state index in [4.69, 9.17) is 18.2 Å². The van der Waals surface area contributed by atoms with Crippen molar-refractivity contribution in [2.45, 2.75) is 57.8 Å². The molecule has 0 aliphatic heterocycles. The molecule has 2 aliphatic carbocycles. The number of anilines is 6. The highest BCUT2D eigenvalue weighted by molar-refractivity contribution is 6.20. The average Bonchev–Trinajstić information content (AvgIpc) is 2.69. The summed E-state index contributed by atoms with van der Waals surface area (Å²) in [7, 11) is 0. The van der Waals surface area contributed by atoms with Crippen LogP contribution in [0.25, 0.3) is 88.2 Å². The quantitative estimate of drug-likeness (QED) is 0.165. The van der Waals surface area contributed by atoms with Gasteiger partial charge in [-0.15, -0.1) is 0 Å². The molecule has 6 nitrogen and oxygen atoms in total. The summed E-state index contributed by atoms with van der Waals surface area (Å²) < 4.78 is 20.6. The van der Waals surface area contributed by atoms with Crippen LogP contribution in [0.4, 0.5) is 34.1 Å². The molecule has 80 heavy (non-hydrogen) atoms. The Morgan fingerprint density at radius 3 is 1.43 bits per heavy atom. The number of fused-ring (bicyclic) bond motifs is 20. The lowest BCUT2D eigenvalue weighted by Gasteiger charge is -2.33. The molecule has 0 amide bonds. The molecule has 4 aromatic heterocycles. The summed E-state index contributed by atoms with van der Waals surface area (Å²) in [5, 5.41) is 6.29. The number of aromatic nitrogens is 1. The largest absolute Gasteiger partial charge is 0.456 e. The summed E-state index contributed by atoms with van der Waals surface area (Å²) in [6.07, 6.45) is 1.83. The minimum atomic E-state index is -0.780. The van der Waals surface area contributed by atoms with Crippen LogP contribution in [0.5, 0.6) is 0 Å². The number of hydrogen-bond donors (Lipinski definition) is 0. The normalized spacial score (nSPS) is 13.5. The van der Waals surface area contributed by atoms with Gasteiger partial charge in [-0.1, -0.05) is 157 Å². The molecule has 2 aliphatic rings. The lowest BCUT2D eigenvalue weighted by atomic mass is 9.70. The van der Waals surface area contributed by atoms with Crippen molar-refractivity contribution in [1.29, 1.82) is 0 Å². The van der Waals surface area contributed by atoms with E-state index in [1.54, 1.807) is 0 Å². The van der Waals surface area contributed by atoms with Crippen LogP contribution in [0.1, 0.15) is 74.9 Å². The molecular weight excluding hydrogens is 979 g/mol. The Morgan fingerprint density at radius 2 is 0.838 bits per heavy atom. The number of rotatable bonds is 6. The van der Waals surface area contributed by atoms with Crippen LogP contribution < -0.4 is 9.80 Å². The van der Waals surface area contributed by atoms with Crippen molar-refractivity contribution < 1.29 is 13.3 Å². The van der Waals surface area contributed by atoms with Crippen molar-refractivity contribution in [1.82, 2.24) is 4.98 Å². The van der Waals surface area contributed by atoms with Crippen LogP contribution in [0.3, 0.4) is 0 Å². The predicted molar refractivity (Wildman–Crippen MR) is 329 cm³/mol. The second-order valence-corrected chi connectivity index (χ2v) is 23.9. The SMILES string of the molecule is CC(C)(C)c1ccc(N(c2ccc3c(c2)C2(c4ccccc4-c4ccccc42)c2cc(N(c4ccc(C(C)(C)C)cc4)c4ccc5c(c4)oc4ccccc45)c4c(oc5ncccc54)c2-3)c2ccc3c(c2)oc2ccccc23)cc1. The highest BCUT2D eigenvalue weighted by Crippen LogP contribution is 2.66. The van der Waals surface area contributed by atoms with Crippen molar-refractivity contribution in [3.05, 3.63) is 258 Å². The first-order valence-electron chi connectivity index (χ1n) is 27.7. The van der Waals surface area contributed by atoms with Crippen LogP contribution in [0.15, 0.2) is 238 Å². The van der Waals surface area contributed by atoms with Gasteiger partial charge in [-0.05, 0) is 152 Å². The Hall–Kier alpha value is -9.65. The van der Waals surface area contributed by atoms with Gasteiger partial charge in [0.05, 0.1) is 21.9 Å². The first-order valence-corrected chi connectivity index (χ1v) is 27.7. The molecule has 0 atom stereocenters. The zero-order chi connectivity index (χ0) is 53.8. The molecule has 0 bridgehead atoms. The second kappa shape index (κ2) is 16.7. The van der Waals surface area contributed by atoms with Gasteiger partial charge in [-0.2, -0.15) is 0 Å². The zero-order valence-electron chi connectivity index (χ0n) is 45.4. The molecule has 0 radical (unpaired) electrons. The third-order valence-corrected chi connectivity index (χ3v) is 17.3. The molecule has 0 saturated heterocycles. The Labute approximate surface area is 463 Å². The molecule has 14 aromatic rings. The van der Waals surface area contributed by atoms with Gasteiger partial charge in [-0.25, -0.2) is 4.98 Å². The van der Waals surface area contributed by atoms with Crippen molar-refractivity contribution in [3.8, 4) is 22.3 Å². The molecule has 384 valence electrons. The van der Waals surface area contributed by atoms with E-state index in [0.29, 0.717) is 5.71 Å². The predicted octanol–water partition coefficient (Wildman–Crippen LogP) is 20.7. The molecule has 0 fully saturated rings. The fourth-order valence-electron chi connectivity index (χ4n) is 13.5. The highest BCUT2D eigenvalue weighted by atomic mass is 16.3. The summed E-state index contributed by atoms with van der Waals surface area (Å²) in [5.41, 5.74) is 21.9. The third kappa shape index (κ3) is 6.62. The molecule has 4 heterocycles. The standard InChI is InChI=1S/C74H55N3O3/c1-72(2,3)44-25-29-46(30-26-44)76(49-33-36-55-53-18-9-13-23-64(53)78-66(55)41-49)48-35-38-57-61(40-48)74(59-21-11-7-16-51(59)52-17-8-12-22-60(52)74)62-43-63(69-58-20-15-39-75-71(58)80-70(69)68(57)62)77(47-31-27-45(28-32-47)73(4,5)6)50-34-37-56-54-19-10-14-24-65(54)79-67(56)42-50/h7-43H,1-6H3. The fraction of sp³-hybridized carbons (Fsp3) is 0.122. The number of benzene rings is 10. The van der Waals surface area contributed by atoms with Crippen LogP contribution in [-0.4, -0.2) is 4.98 Å². The van der Waals surface area contributed by atoms with E-state index in [0.717, 1.165) is 111 Å². The number of para-hydroxylation sites is 2. The van der Waals surface area contributed by atoms with Gasteiger partial charge in [0.25, 0.3) is 0 Å². The topological polar surface area (TPSA) is 58.8 Å². The number of hydrogen-bond acceptors (Lipinski definition) is 6. The van der Waals surface area contributed by atoms with Crippen molar-refractivity contribution in [2.24, 2.45) is 0 Å². The summed E-state index contributed by atoms with van der Waals surface area (Å²) in [5.74, 6) is 0. The van der Waals surface area contributed by atoms with Crippen molar-refractivity contribution >= 4 is 100 Å². The van der Waals surface area contributed by atoms with Gasteiger partial charge < -0.3 is 23.1 Å². The van der Waals surface area contributed by atoms with Gasteiger partial charge in [-0.3, -0.25) is 0 Å². The fourth-order valence-corrected chi connectivity index (χ4v) is 13.5. The van der Waals surface area contributed by atoms with Crippen LogP contribution >= 0.6 is 0 Å². The molecular formula is C74H55N3O3. The maximum atomic E-state index is 7.31. The second-order valence-electron chi connectivity index (χ2n) is 23.9. The van der Waals surface area contributed by atoms with Gasteiger partial charge in [0, 0.05) is 73.9 Å². The average molecular weight is 1030 g/mol. The van der Waals surface area contributed by atoms with Gasteiger partial charge >= 0.3 is 0 Å². The smallest absolute Gasteiger partial charge is 0.227 e. The van der Waals surface area contributed by atoms with Crippen molar-refractivity contribution in [3.63, 3.8) is 0 Å². The van der Waals surface area contributed by atoms with E-state index in [2.05, 4.69) is 245 Å². The highest BCUT2D eigenvalue weighted by Gasteiger charge is 2.53. The molecule has 0 saturated carbocycles. The molecule has 16 rings (SSSR count). The minimum absolute atomic E-state index is 0.0203. The van der Waals surface area contributed by atoms with Crippen LogP contribution in [0, 0.1) is 0 Å². The van der Waals surface area contributed by atoms with E-state index >= 15 is 0 Å². The number of furan rings is 3. The van der Waals surface area contributed by atoms with E-state index in [-0.39, 0.29) is 10.8 Å². The van der Waals surface area contributed by atoms with E-state index in [1.165, 1.54) is 38.9 Å². The Bertz CT molecular complexity index is 4820. The summed E-state index contributed by atoms with van der Waals surface area (Å²) >= 11 is 0. The molecule has 6 heteroatoms. The monoisotopic (exact) mass is 1030 g/mol. The lowest BCUT2D eigenvalue weighted by Crippen LogP contribution is -2.26. The Morgan fingerprint density at radius 1 is 0.362 bits per heavy atom. The summed E-state index contributed by atoms with van der Waals surface area (Å²) in [4.78, 5) is 9.76. The van der Waals surface area contributed by atoms with Gasteiger partial charge in [0.15, 0.2) is 0 Å². The Balaban J connectivity index is 1.00. The molecule has 1 spiro atoms. The van der Waals surface area contributed by atoms with Crippen LogP contribution in [-0.2, 0) is 16.2 Å². The zero-order valence-corrected chi connectivity index (χ0v) is 45.4. The van der Waals surface area contributed by atoms with E-state index in [1.807, 2.05) is 30.5 Å². The molecule has 0 unspecified atom stereocenters. The molecule has 10 aromatic carbocycles. The lowest BCUT2D eigenvalue weighted by molar-refractivity contribution is 0.590. The van der Waals surface area contributed by atoms with Crippen LogP contribution in [0.2, 0.25) is 0 Å². The van der Waals surface area contributed by atoms with E-state index in [9.17, 15) is 0 Å². The maximum absolute atomic E-state index is 7.31. The first kappa shape index (κ1) is 46.4. The molecule has 0 N–H and O–H groups in total. The minimum Gasteiger partial charge on any atom is -0.456 e. The van der Waals surface area contributed by atoms with Crippen molar-refractivity contribution in [2.75, 3.05) is 9.80 Å². The van der Waals surface area contributed by atoms with Gasteiger partial charge in [0.2, 0.25) is 5.71 Å². The van der Waals surface area contributed by atoms with E-state index < -0.39 is 5.41 Å². The third-order valence-electron chi connectivity index (χ3n) is 17.3. The summed E-state index contributed by atoms with van der Waals surface area (Å²) in [6.45, 7) is 13.6. The maximum Gasteiger partial charge on any atom is 0.227 e. The number of pyridine rings is 1. The first-order chi connectivity index (χ1) is 38.9. The van der Waals surface area contributed by atoms with Gasteiger partial charge in [0.1, 0.15) is 27.9 Å². The summed E-state index contributed by atoms with van der Waals surface area (Å²) in [6, 6.07) is 79.9. The number of nitrogens with zero attached hydrogens (tertiary/aromatic N) is 3.